The number of halogens is 3. The lowest BCUT2D eigenvalue weighted by molar-refractivity contribution is -0.274. The van der Waals surface area contributed by atoms with E-state index >= 15 is 0 Å². The van der Waals surface area contributed by atoms with Gasteiger partial charge in [0.25, 0.3) is 10.0 Å². The minimum absolute atomic E-state index is 0.0269. The van der Waals surface area contributed by atoms with Gasteiger partial charge in [0.15, 0.2) is 9.84 Å². The number of nitrogens with one attached hydrogen (secondary N) is 1. The van der Waals surface area contributed by atoms with Gasteiger partial charge in [-0.1, -0.05) is 29.0 Å². The maximum Gasteiger partial charge on any atom is 0.573 e. The van der Waals surface area contributed by atoms with Crippen LogP contribution < -0.4 is 9.46 Å². The molecule has 0 saturated heterocycles. The molecule has 2 aromatic carbocycles. The monoisotopic (exact) mass is 507 g/mol. The molecule has 0 bridgehead atoms. The van der Waals surface area contributed by atoms with Crippen molar-refractivity contribution < 1.29 is 34.7 Å². The average molecular weight is 508 g/mol. The zero-order valence-electron chi connectivity index (χ0n) is 16.3. The van der Waals surface area contributed by atoms with Crippen molar-refractivity contribution in [1.29, 1.82) is 0 Å². The molecule has 0 spiro atoms. The maximum atomic E-state index is 12.4. The number of rotatable bonds is 8. The second kappa shape index (κ2) is 9.03. The summed E-state index contributed by atoms with van der Waals surface area (Å²) < 4.78 is 92.1. The van der Waals surface area contributed by atoms with Crippen molar-refractivity contribution in [3.8, 4) is 5.75 Å². The highest BCUT2D eigenvalue weighted by molar-refractivity contribution is 7.93. The third-order valence-electron chi connectivity index (χ3n) is 4.02. The lowest BCUT2D eigenvalue weighted by Crippen LogP contribution is -2.17. The lowest BCUT2D eigenvalue weighted by Gasteiger charge is -2.09. The highest BCUT2D eigenvalue weighted by Gasteiger charge is 2.31. The summed E-state index contributed by atoms with van der Waals surface area (Å²) in [5, 5.41) is 7.67. The van der Waals surface area contributed by atoms with Crippen molar-refractivity contribution >= 4 is 36.3 Å². The van der Waals surface area contributed by atoms with Gasteiger partial charge in [-0.25, -0.2) is 16.8 Å². The van der Waals surface area contributed by atoms with E-state index in [1.165, 1.54) is 12.1 Å². The summed E-state index contributed by atoms with van der Waals surface area (Å²) in [5.41, 5.74) is 0.924. The zero-order valence-corrected chi connectivity index (χ0v) is 18.8. The van der Waals surface area contributed by atoms with Crippen LogP contribution in [0.1, 0.15) is 10.6 Å². The predicted octanol–water partition coefficient (Wildman–Crippen LogP) is 3.56. The van der Waals surface area contributed by atoms with Crippen LogP contribution in [-0.2, 0) is 26.3 Å². The number of benzene rings is 2. The molecule has 0 aliphatic rings. The number of alkyl halides is 3. The fourth-order valence-corrected chi connectivity index (χ4v) is 5.82. The van der Waals surface area contributed by atoms with Gasteiger partial charge < -0.3 is 4.74 Å². The second-order valence-electron chi connectivity index (χ2n) is 6.51. The Bertz CT molecular complexity index is 1290. The van der Waals surface area contributed by atoms with Crippen molar-refractivity contribution in [3.05, 3.63) is 59.1 Å². The quantitative estimate of drug-likeness (QED) is 0.496. The third-order valence-corrected chi connectivity index (χ3v) is 8.14. The molecule has 0 unspecified atom stereocenters. The van der Waals surface area contributed by atoms with E-state index < -0.39 is 32.0 Å². The van der Waals surface area contributed by atoms with Crippen LogP contribution >= 0.6 is 11.3 Å². The first kappa shape index (κ1) is 23.9. The van der Waals surface area contributed by atoms with Gasteiger partial charge in [-0.15, -0.1) is 23.4 Å². The molecule has 0 aliphatic heterocycles. The van der Waals surface area contributed by atoms with Gasteiger partial charge in [-0.2, -0.15) is 0 Å². The molecule has 1 heterocycles. The standard InChI is InChI=1S/C18H16F3N3O5S3/c1-12-2-6-14(7-3-12)31(25,26)11-10-16-22-23-17(30-16)24-32(27,28)15-8-4-13(5-9-15)29-18(19,20)21/h2-9H,10-11H2,1H3,(H,23,24). The molecule has 0 atom stereocenters. The Morgan fingerprint density at radius 2 is 1.53 bits per heavy atom. The summed E-state index contributed by atoms with van der Waals surface area (Å²) in [6.07, 6.45) is -4.87. The molecular formula is C18H16F3N3O5S3. The van der Waals surface area contributed by atoms with Gasteiger partial charge >= 0.3 is 6.36 Å². The Morgan fingerprint density at radius 3 is 2.12 bits per heavy atom. The minimum Gasteiger partial charge on any atom is -0.406 e. The summed E-state index contributed by atoms with van der Waals surface area (Å²) in [6.45, 7) is 1.84. The maximum absolute atomic E-state index is 12.4. The molecule has 32 heavy (non-hydrogen) atoms. The molecule has 172 valence electrons. The van der Waals surface area contributed by atoms with Crippen LogP contribution in [0.4, 0.5) is 18.3 Å². The van der Waals surface area contributed by atoms with Gasteiger partial charge in [0, 0.05) is 6.42 Å². The SMILES string of the molecule is Cc1ccc(S(=O)(=O)CCc2nnc(NS(=O)(=O)c3ccc(OC(F)(F)F)cc3)s2)cc1. The number of sulfone groups is 1. The molecule has 0 fully saturated rings. The summed E-state index contributed by atoms with van der Waals surface area (Å²) in [5.74, 6) is -0.803. The van der Waals surface area contributed by atoms with E-state index in [9.17, 15) is 30.0 Å². The van der Waals surface area contributed by atoms with Gasteiger partial charge in [0.1, 0.15) is 10.8 Å². The van der Waals surface area contributed by atoms with Gasteiger partial charge in [0.05, 0.1) is 15.5 Å². The number of hydrogen-bond acceptors (Lipinski definition) is 8. The van der Waals surface area contributed by atoms with Crippen LogP contribution in [0.5, 0.6) is 5.75 Å². The summed E-state index contributed by atoms with van der Waals surface area (Å²) in [4.78, 5) is -0.141. The number of aromatic nitrogens is 2. The van der Waals surface area contributed by atoms with E-state index in [0.29, 0.717) is 5.01 Å². The lowest BCUT2D eigenvalue weighted by atomic mass is 10.2. The molecule has 14 heteroatoms. The van der Waals surface area contributed by atoms with E-state index in [4.69, 9.17) is 0 Å². The first-order valence-electron chi connectivity index (χ1n) is 8.84. The molecule has 0 amide bonds. The highest BCUT2D eigenvalue weighted by Crippen LogP contribution is 2.26. The molecule has 3 rings (SSSR count). The van der Waals surface area contributed by atoms with Gasteiger partial charge in [-0.3, -0.25) is 4.72 Å². The van der Waals surface area contributed by atoms with Crippen LogP contribution in [0.3, 0.4) is 0 Å². The molecule has 0 radical (unpaired) electrons. The first-order chi connectivity index (χ1) is 14.8. The minimum atomic E-state index is -4.89. The Balaban J connectivity index is 1.64. The van der Waals surface area contributed by atoms with Crippen LogP contribution in [-0.4, -0.2) is 39.1 Å². The van der Waals surface area contributed by atoms with E-state index in [2.05, 4.69) is 19.7 Å². The van der Waals surface area contributed by atoms with Crippen molar-refractivity contribution in [2.75, 3.05) is 10.5 Å². The predicted molar refractivity (Wildman–Crippen MR) is 111 cm³/mol. The van der Waals surface area contributed by atoms with Crippen molar-refractivity contribution in [3.63, 3.8) is 0 Å². The summed E-state index contributed by atoms with van der Waals surface area (Å²) >= 11 is 0.853. The van der Waals surface area contributed by atoms with Crippen molar-refractivity contribution in [2.24, 2.45) is 0 Å². The molecule has 1 N–H and O–H groups in total. The Morgan fingerprint density at radius 1 is 0.938 bits per heavy atom. The third kappa shape index (κ3) is 6.40. The Kier molecular flexibility index (Phi) is 6.76. The Hall–Kier alpha value is -2.71. The van der Waals surface area contributed by atoms with Gasteiger partial charge in [-0.05, 0) is 43.3 Å². The molecule has 0 aliphatic carbocycles. The number of nitrogens with zero attached hydrogens (tertiary/aromatic N) is 2. The van der Waals surface area contributed by atoms with Crippen molar-refractivity contribution in [2.45, 2.75) is 29.5 Å². The number of sulfonamides is 1. The fourth-order valence-electron chi connectivity index (χ4n) is 2.48. The molecule has 8 nitrogen and oxygen atoms in total. The van der Waals surface area contributed by atoms with Crippen LogP contribution in [0, 0.1) is 6.92 Å². The smallest absolute Gasteiger partial charge is 0.406 e. The van der Waals surface area contributed by atoms with E-state index in [0.717, 1.165) is 41.2 Å². The Labute approximate surface area is 186 Å². The van der Waals surface area contributed by atoms with Crippen LogP contribution in [0.15, 0.2) is 58.3 Å². The number of aryl methyl sites for hydroxylation is 2. The van der Waals surface area contributed by atoms with E-state index in [-0.39, 0.29) is 27.1 Å². The topological polar surface area (TPSA) is 115 Å². The number of hydrogen-bond donors (Lipinski definition) is 1. The zero-order chi connectivity index (χ0) is 23.6. The fraction of sp³-hybridized carbons (Fsp3) is 0.222. The first-order valence-corrected chi connectivity index (χ1v) is 12.8. The summed E-state index contributed by atoms with van der Waals surface area (Å²) in [6, 6.07) is 10.0. The molecule has 3 aromatic rings. The van der Waals surface area contributed by atoms with Crippen molar-refractivity contribution in [1.82, 2.24) is 10.2 Å². The number of ether oxygens (including phenoxy) is 1. The molecule has 0 saturated carbocycles. The van der Waals surface area contributed by atoms with Crippen LogP contribution in [0.2, 0.25) is 0 Å². The van der Waals surface area contributed by atoms with Crippen LogP contribution in [0.25, 0.3) is 0 Å². The normalized spacial score (nSPS) is 12.5. The van der Waals surface area contributed by atoms with Gasteiger partial charge in [0.2, 0.25) is 5.13 Å². The second-order valence-corrected chi connectivity index (χ2v) is 11.4. The molecular weight excluding hydrogens is 491 g/mol. The largest absolute Gasteiger partial charge is 0.573 e. The van der Waals surface area contributed by atoms with E-state index in [1.54, 1.807) is 12.1 Å². The summed E-state index contributed by atoms with van der Waals surface area (Å²) in [7, 11) is -7.70. The highest BCUT2D eigenvalue weighted by atomic mass is 32.2. The van der Waals surface area contributed by atoms with E-state index in [1.807, 2.05) is 6.92 Å². The molecule has 1 aromatic heterocycles. The average Bonchev–Trinajstić information content (AvgIpc) is 3.13. The number of anilines is 1.